The Labute approximate surface area is 152 Å². The molecule has 0 aromatic rings. The maximum atomic E-state index is 12.6. The van der Waals surface area contributed by atoms with Crippen molar-refractivity contribution in [1.29, 1.82) is 0 Å². The maximum Gasteiger partial charge on any atom is 0.242 e. The fourth-order valence-corrected chi connectivity index (χ4v) is 3.12. The molecule has 1 atom stereocenters. The number of carbonyl (C=O) groups excluding carboxylic acids is 3. The van der Waals surface area contributed by atoms with E-state index in [1.165, 1.54) is 0 Å². The van der Waals surface area contributed by atoms with Gasteiger partial charge in [-0.2, -0.15) is 0 Å². The number of likely N-dealkylation sites (tertiary alicyclic amines) is 1. The molecule has 2 N–H and O–H groups in total. The number of nitrogens with zero attached hydrogens (tertiary/aromatic N) is 1. The first-order valence-electron chi connectivity index (χ1n) is 9.59. The van der Waals surface area contributed by atoms with E-state index in [1.54, 1.807) is 0 Å². The lowest BCUT2D eigenvalue weighted by atomic mass is 9.88. The van der Waals surface area contributed by atoms with E-state index in [2.05, 4.69) is 10.6 Å². The predicted molar refractivity (Wildman–Crippen MR) is 98.8 cm³/mol. The summed E-state index contributed by atoms with van der Waals surface area (Å²) in [6.07, 6.45) is 2.41. The molecule has 1 aliphatic heterocycles. The quantitative estimate of drug-likeness (QED) is 0.700. The van der Waals surface area contributed by atoms with E-state index in [9.17, 15) is 14.4 Å². The van der Waals surface area contributed by atoms with Crippen LogP contribution in [-0.4, -0.2) is 48.3 Å². The van der Waals surface area contributed by atoms with Gasteiger partial charge in [-0.15, -0.1) is 0 Å². The summed E-state index contributed by atoms with van der Waals surface area (Å²) >= 11 is 0. The predicted octanol–water partition coefficient (Wildman–Crippen LogP) is 1.94. The molecule has 0 aromatic heterocycles. The second-order valence-corrected chi connectivity index (χ2v) is 7.85. The molecule has 0 aliphatic carbocycles. The number of piperidine rings is 1. The molecule has 0 aromatic carbocycles. The van der Waals surface area contributed by atoms with Crippen molar-refractivity contribution < 1.29 is 14.4 Å². The third kappa shape index (κ3) is 7.45. The van der Waals surface area contributed by atoms with Crippen molar-refractivity contribution in [2.75, 3.05) is 19.6 Å². The van der Waals surface area contributed by atoms with Crippen LogP contribution in [-0.2, 0) is 14.4 Å². The molecule has 25 heavy (non-hydrogen) atoms. The minimum absolute atomic E-state index is 0.0733. The van der Waals surface area contributed by atoms with Gasteiger partial charge in [0.2, 0.25) is 17.7 Å². The van der Waals surface area contributed by atoms with Gasteiger partial charge in [-0.3, -0.25) is 14.4 Å². The van der Waals surface area contributed by atoms with E-state index in [-0.39, 0.29) is 29.6 Å². The van der Waals surface area contributed by atoms with Crippen molar-refractivity contribution in [3.63, 3.8) is 0 Å². The number of hydrogen-bond donors (Lipinski definition) is 2. The highest BCUT2D eigenvalue weighted by Gasteiger charge is 2.33. The largest absolute Gasteiger partial charge is 0.354 e. The van der Waals surface area contributed by atoms with E-state index < -0.39 is 6.04 Å². The average Bonchev–Trinajstić information content (AvgIpc) is 2.56. The molecule has 0 radical (unpaired) electrons. The van der Waals surface area contributed by atoms with Gasteiger partial charge in [0.15, 0.2) is 0 Å². The van der Waals surface area contributed by atoms with Crippen LogP contribution in [0.15, 0.2) is 0 Å². The van der Waals surface area contributed by atoms with Crippen LogP contribution in [0, 0.1) is 17.8 Å². The zero-order chi connectivity index (χ0) is 19.0. The number of rotatable bonds is 8. The summed E-state index contributed by atoms with van der Waals surface area (Å²) in [6, 6.07) is -0.510. The van der Waals surface area contributed by atoms with Crippen molar-refractivity contribution in [2.45, 2.75) is 66.3 Å². The maximum absolute atomic E-state index is 12.6. The van der Waals surface area contributed by atoms with Crippen LogP contribution in [0.3, 0.4) is 0 Å². The van der Waals surface area contributed by atoms with Gasteiger partial charge in [-0.1, -0.05) is 34.6 Å². The molecule has 3 amide bonds. The van der Waals surface area contributed by atoms with Crippen molar-refractivity contribution in [3.05, 3.63) is 0 Å². The third-order valence-corrected chi connectivity index (χ3v) is 4.54. The van der Waals surface area contributed by atoms with Crippen molar-refractivity contribution in [2.24, 2.45) is 17.8 Å². The zero-order valence-corrected chi connectivity index (χ0v) is 16.4. The molecular formula is C19H35N3O3. The molecule has 1 unspecified atom stereocenters. The van der Waals surface area contributed by atoms with Crippen LogP contribution in [0.2, 0.25) is 0 Å². The molecule has 1 heterocycles. The third-order valence-electron chi connectivity index (χ3n) is 4.54. The van der Waals surface area contributed by atoms with Crippen LogP contribution in [0.1, 0.15) is 60.3 Å². The van der Waals surface area contributed by atoms with Crippen LogP contribution in [0.25, 0.3) is 0 Å². The Hall–Kier alpha value is -1.59. The molecule has 0 bridgehead atoms. The molecule has 144 valence electrons. The van der Waals surface area contributed by atoms with E-state index >= 15 is 0 Å². The van der Waals surface area contributed by atoms with Gasteiger partial charge in [0.25, 0.3) is 0 Å². The summed E-state index contributed by atoms with van der Waals surface area (Å²) in [6.45, 7) is 11.8. The Balaban J connectivity index is 2.72. The Kier molecular flexibility index (Phi) is 8.93. The Bertz CT molecular complexity index is 455. The van der Waals surface area contributed by atoms with E-state index in [0.717, 1.165) is 12.8 Å². The summed E-state index contributed by atoms with van der Waals surface area (Å²) in [5.41, 5.74) is 0. The van der Waals surface area contributed by atoms with Crippen molar-refractivity contribution in [1.82, 2.24) is 15.5 Å². The van der Waals surface area contributed by atoms with Crippen molar-refractivity contribution >= 4 is 17.7 Å². The van der Waals surface area contributed by atoms with E-state index in [0.29, 0.717) is 38.4 Å². The highest BCUT2D eigenvalue weighted by molar-refractivity contribution is 5.88. The Morgan fingerprint density at radius 3 is 2.12 bits per heavy atom. The summed E-state index contributed by atoms with van der Waals surface area (Å²) in [4.78, 5) is 38.5. The lowest BCUT2D eigenvalue weighted by molar-refractivity contribution is -0.134. The molecule has 6 nitrogen and oxygen atoms in total. The van der Waals surface area contributed by atoms with Gasteiger partial charge < -0.3 is 15.5 Å². The topological polar surface area (TPSA) is 78.5 Å². The lowest BCUT2D eigenvalue weighted by Gasteiger charge is -2.36. The SMILES string of the molecule is CCC(=O)N1CCC(C(NC(=O)CC(C)C)C(=O)NCC(C)C)CC1. The fourth-order valence-electron chi connectivity index (χ4n) is 3.12. The average molecular weight is 354 g/mol. The second-order valence-electron chi connectivity index (χ2n) is 7.85. The van der Waals surface area contributed by atoms with Crippen LogP contribution >= 0.6 is 0 Å². The van der Waals surface area contributed by atoms with Gasteiger partial charge in [0.05, 0.1) is 0 Å². The van der Waals surface area contributed by atoms with Crippen LogP contribution < -0.4 is 10.6 Å². The van der Waals surface area contributed by atoms with E-state index in [4.69, 9.17) is 0 Å². The summed E-state index contributed by atoms with van der Waals surface area (Å²) in [5, 5.41) is 5.89. The summed E-state index contributed by atoms with van der Waals surface area (Å²) in [7, 11) is 0. The zero-order valence-electron chi connectivity index (χ0n) is 16.4. The highest BCUT2D eigenvalue weighted by atomic mass is 16.2. The normalized spacial score (nSPS) is 16.8. The van der Waals surface area contributed by atoms with Gasteiger partial charge in [-0.25, -0.2) is 0 Å². The number of carbonyl (C=O) groups is 3. The monoisotopic (exact) mass is 353 g/mol. The minimum Gasteiger partial charge on any atom is -0.354 e. The molecule has 1 aliphatic rings. The number of hydrogen-bond acceptors (Lipinski definition) is 3. The molecule has 1 fully saturated rings. The first kappa shape index (κ1) is 21.5. The van der Waals surface area contributed by atoms with Crippen LogP contribution in [0.4, 0.5) is 0 Å². The number of amides is 3. The first-order chi connectivity index (χ1) is 11.7. The molecular weight excluding hydrogens is 318 g/mol. The summed E-state index contributed by atoms with van der Waals surface area (Å²) < 4.78 is 0. The second kappa shape index (κ2) is 10.4. The van der Waals surface area contributed by atoms with Gasteiger partial charge in [-0.05, 0) is 30.6 Å². The van der Waals surface area contributed by atoms with Gasteiger partial charge in [0.1, 0.15) is 6.04 Å². The molecule has 0 saturated carbocycles. The molecule has 1 saturated heterocycles. The molecule has 0 spiro atoms. The Morgan fingerprint density at radius 2 is 1.64 bits per heavy atom. The van der Waals surface area contributed by atoms with Crippen molar-refractivity contribution in [3.8, 4) is 0 Å². The standard InChI is InChI=1S/C19H35N3O3/c1-6-17(24)22-9-7-15(8-10-22)18(19(25)20-12-14(4)5)21-16(23)11-13(2)3/h13-15,18H,6-12H2,1-5H3,(H,20,25)(H,21,23). The van der Waals surface area contributed by atoms with E-state index in [1.807, 2.05) is 39.5 Å². The van der Waals surface area contributed by atoms with Crippen LogP contribution in [0.5, 0.6) is 0 Å². The minimum atomic E-state index is -0.510. The highest BCUT2D eigenvalue weighted by Crippen LogP contribution is 2.22. The smallest absolute Gasteiger partial charge is 0.242 e. The molecule has 6 heteroatoms. The Morgan fingerprint density at radius 1 is 1.04 bits per heavy atom. The fraction of sp³-hybridized carbons (Fsp3) is 0.842. The van der Waals surface area contributed by atoms with Gasteiger partial charge >= 0.3 is 0 Å². The first-order valence-corrected chi connectivity index (χ1v) is 9.59. The lowest BCUT2D eigenvalue weighted by Crippen LogP contribution is -2.54. The summed E-state index contributed by atoms with van der Waals surface area (Å²) in [5.74, 6) is 0.661. The van der Waals surface area contributed by atoms with Gasteiger partial charge in [0, 0.05) is 32.5 Å². The number of nitrogens with one attached hydrogen (secondary N) is 2. The molecule has 1 rings (SSSR count).